The smallest absolute Gasteiger partial charge is 0.341 e. The van der Waals surface area contributed by atoms with Crippen molar-refractivity contribution < 1.29 is 18.0 Å². The van der Waals surface area contributed by atoms with Gasteiger partial charge in [0.1, 0.15) is 0 Å². The standard InChI is InChI=1S/C11H19F3N2O/c1-2-15-9-5-3-7-16(10(9)17)8-4-6-11(12,13)14/h9,15H,2-8H2,1H3. The Bertz CT molecular complexity index is 254. The molecule has 1 aliphatic heterocycles. The summed E-state index contributed by atoms with van der Waals surface area (Å²) in [5, 5.41) is 3.06. The summed E-state index contributed by atoms with van der Waals surface area (Å²) in [7, 11) is 0. The molecule has 1 aliphatic rings. The van der Waals surface area contributed by atoms with Crippen LogP contribution < -0.4 is 5.32 Å². The Balaban J connectivity index is 2.35. The molecule has 1 rings (SSSR count). The van der Waals surface area contributed by atoms with Gasteiger partial charge in [0.05, 0.1) is 6.04 Å². The number of carbonyl (C=O) groups excluding carboxylic acids is 1. The first-order valence-electron chi connectivity index (χ1n) is 6.03. The fourth-order valence-corrected chi connectivity index (χ4v) is 2.07. The Morgan fingerprint density at radius 1 is 1.47 bits per heavy atom. The predicted octanol–water partition coefficient (Wildman–Crippen LogP) is 1.93. The van der Waals surface area contributed by atoms with Crippen LogP contribution in [0.5, 0.6) is 0 Å². The minimum absolute atomic E-state index is 0.00587. The van der Waals surface area contributed by atoms with E-state index < -0.39 is 12.6 Å². The number of likely N-dealkylation sites (tertiary alicyclic amines) is 1. The second kappa shape index (κ2) is 6.23. The lowest BCUT2D eigenvalue weighted by Gasteiger charge is -2.32. The summed E-state index contributed by atoms with van der Waals surface area (Å²) in [6, 6.07) is -0.209. The summed E-state index contributed by atoms with van der Waals surface area (Å²) in [6.07, 6.45) is -3.31. The summed E-state index contributed by atoms with van der Waals surface area (Å²) in [5.41, 5.74) is 0. The third kappa shape index (κ3) is 4.93. The Hall–Kier alpha value is -0.780. The van der Waals surface area contributed by atoms with Gasteiger partial charge in [-0.1, -0.05) is 6.92 Å². The van der Waals surface area contributed by atoms with Crippen LogP contribution >= 0.6 is 0 Å². The van der Waals surface area contributed by atoms with Crippen molar-refractivity contribution in [1.82, 2.24) is 10.2 Å². The number of hydrogen-bond donors (Lipinski definition) is 1. The summed E-state index contributed by atoms with van der Waals surface area (Å²) >= 11 is 0. The highest BCUT2D eigenvalue weighted by atomic mass is 19.4. The van der Waals surface area contributed by atoms with E-state index in [2.05, 4.69) is 5.32 Å². The zero-order valence-electron chi connectivity index (χ0n) is 10.0. The number of nitrogens with one attached hydrogen (secondary N) is 1. The van der Waals surface area contributed by atoms with Gasteiger partial charge >= 0.3 is 6.18 Å². The monoisotopic (exact) mass is 252 g/mol. The molecule has 1 unspecified atom stereocenters. The molecule has 1 amide bonds. The number of carbonyl (C=O) groups is 1. The third-order valence-electron chi connectivity index (χ3n) is 2.87. The van der Waals surface area contributed by atoms with E-state index in [0.717, 1.165) is 12.8 Å². The third-order valence-corrected chi connectivity index (χ3v) is 2.87. The van der Waals surface area contributed by atoms with Crippen LogP contribution in [0.3, 0.4) is 0 Å². The highest BCUT2D eigenvalue weighted by molar-refractivity contribution is 5.82. The quantitative estimate of drug-likeness (QED) is 0.811. The number of likely N-dealkylation sites (N-methyl/N-ethyl adjacent to an activating group) is 1. The minimum Gasteiger partial charge on any atom is -0.341 e. The molecule has 1 N–H and O–H groups in total. The molecule has 100 valence electrons. The van der Waals surface area contributed by atoms with Gasteiger partial charge in [-0.3, -0.25) is 4.79 Å². The number of nitrogens with zero attached hydrogens (tertiary/aromatic N) is 1. The number of amides is 1. The van der Waals surface area contributed by atoms with E-state index in [1.54, 1.807) is 4.90 Å². The highest BCUT2D eigenvalue weighted by Gasteiger charge is 2.30. The molecular formula is C11H19F3N2O. The van der Waals surface area contributed by atoms with Crippen molar-refractivity contribution in [2.24, 2.45) is 0 Å². The predicted molar refractivity (Wildman–Crippen MR) is 58.6 cm³/mol. The fourth-order valence-electron chi connectivity index (χ4n) is 2.07. The van der Waals surface area contributed by atoms with Gasteiger partial charge in [-0.05, 0) is 25.8 Å². The van der Waals surface area contributed by atoms with Crippen LogP contribution in [0.15, 0.2) is 0 Å². The van der Waals surface area contributed by atoms with E-state index in [9.17, 15) is 18.0 Å². The average Bonchev–Trinajstić information content (AvgIpc) is 2.22. The summed E-state index contributed by atoms with van der Waals surface area (Å²) in [4.78, 5) is 13.4. The van der Waals surface area contributed by atoms with E-state index in [1.165, 1.54) is 0 Å². The Kier molecular flexibility index (Phi) is 5.24. The van der Waals surface area contributed by atoms with Crippen LogP contribution in [0.4, 0.5) is 13.2 Å². The lowest BCUT2D eigenvalue weighted by atomic mass is 10.0. The van der Waals surface area contributed by atoms with Crippen LogP contribution in [0.1, 0.15) is 32.6 Å². The van der Waals surface area contributed by atoms with Crippen molar-refractivity contribution in [3.8, 4) is 0 Å². The van der Waals surface area contributed by atoms with Crippen molar-refractivity contribution in [1.29, 1.82) is 0 Å². The molecule has 0 aliphatic carbocycles. The minimum atomic E-state index is -4.13. The first kappa shape index (κ1) is 14.3. The number of piperidine rings is 1. The van der Waals surface area contributed by atoms with Crippen LogP contribution in [0, 0.1) is 0 Å². The fraction of sp³-hybridized carbons (Fsp3) is 0.909. The zero-order chi connectivity index (χ0) is 12.9. The van der Waals surface area contributed by atoms with Gasteiger partial charge in [0.2, 0.25) is 5.91 Å². The van der Waals surface area contributed by atoms with Gasteiger partial charge in [0, 0.05) is 19.5 Å². The number of hydrogen-bond acceptors (Lipinski definition) is 2. The second-order valence-electron chi connectivity index (χ2n) is 4.30. The maximum atomic E-state index is 12.0. The average molecular weight is 252 g/mol. The lowest BCUT2D eigenvalue weighted by molar-refractivity contribution is -0.142. The molecule has 1 saturated heterocycles. The molecule has 1 heterocycles. The van der Waals surface area contributed by atoms with Gasteiger partial charge in [0.25, 0.3) is 0 Å². The van der Waals surface area contributed by atoms with E-state index in [1.807, 2.05) is 6.92 Å². The molecule has 1 fully saturated rings. The van der Waals surface area contributed by atoms with Crippen molar-refractivity contribution in [3.63, 3.8) is 0 Å². The number of alkyl halides is 3. The van der Waals surface area contributed by atoms with Gasteiger partial charge in [-0.25, -0.2) is 0 Å². The first-order valence-corrected chi connectivity index (χ1v) is 6.03. The number of rotatable bonds is 5. The van der Waals surface area contributed by atoms with E-state index in [-0.39, 0.29) is 24.9 Å². The molecule has 0 saturated carbocycles. The summed E-state index contributed by atoms with van der Waals surface area (Å²) in [6.45, 7) is 3.40. The summed E-state index contributed by atoms with van der Waals surface area (Å²) < 4.78 is 36.0. The highest BCUT2D eigenvalue weighted by Crippen LogP contribution is 2.22. The molecule has 17 heavy (non-hydrogen) atoms. The molecular weight excluding hydrogens is 233 g/mol. The summed E-state index contributed by atoms with van der Waals surface area (Å²) in [5.74, 6) is -0.0553. The van der Waals surface area contributed by atoms with E-state index in [4.69, 9.17) is 0 Å². The molecule has 0 aromatic carbocycles. The van der Waals surface area contributed by atoms with E-state index in [0.29, 0.717) is 13.1 Å². The van der Waals surface area contributed by atoms with Crippen molar-refractivity contribution in [2.75, 3.05) is 19.6 Å². The van der Waals surface area contributed by atoms with Gasteiger partial charge in [0.15, 0.2) is 0 Å². The van der Waals surface area contributed by atoms with Crippen molar-refractivity contribution in [2.45, 2.75) is 44.8 Å². The van der Waals surface area contributed by atoms with Gasteiger partial charge in [-0.2, -0.15) is 13.2 Å². The molecule has 6 heteroatoms. The normalized spacial score (nSPS) is 22.0. The molecule has 0 bridgehead atoms. The van der Waals surface area contributed by atoms with Crippen LogP contribution in [-0.2, 0) is 4.79 Å². The molecule has 0 spiro atoms. The lowest BCUT2D eigenvalue weighted by Crippen LogP contribution is -2.50. The maximum Gasteiger partial charge on any atom is 0.389 e. The van der Waals surface area contributed by atoms with Crippen LogP contribution in [0.2, 0.25) is 0 Å². The number of halogens is 3. The van der Waals surface area contributed by atoms with Crippen molar-refractivity contribution in [3.05, 3.63) is 0 Å². The van der Waals surface area contributed by atoms with Crippen LogP contribution in [0.25, 0.3) is 0 Å². The topological polar surface area (TPSA) is 32.3 Å². The Morgan fingerprint density at radius 2 is 2.18 bits per heavy atom. The van der Waals surface area contributed by atoms with Crippen molar-refractivity contribution >= 4 is 5.91 Å². The largest absolute Gasteiger partial charge is 0.389 e. The first-order chi connectivity index (χ1) is 7.94. The molecule has 1 atom stereocenters. The second-order valence-corrected chi connectivity index (χ2v) is 4.30. The zero-order valence-corrected chi connectivity index (χ0v) is 10.0. The SMILES string of the molecule is CCNC1CCCN(CCCC(F)(F)F)C1=O. The van der Waals surface area contributed by atoms with Gasteiger partial charge < -0.3 is 10.2 Å². The molecule has 0 radical (unpaired) electrons. The van der Waals surface area contributed by atoms with Gasteiger partial charge in [-0.15, -0.1) is 0 Å². The van der Waals surface area contributed by atoms with E-state index >= 15 is 0 Å². The van der Waals surface area contributed by atoms with Crippen LogP contribution in [-0.4, -0.2) is 42.7 Å². The molecule has 0 aromatic heterocycles. The Morgan fingerprint density at radius 3 is 2.76 bits per heavy atom. The Labute approximate surface area is 99.4 Å². The molecule has 0 aromatic rings. The maximum absolute atomic E-state index is 12.0. The molecule has 3 nitrogen and oxygen atoms in total.